The zero-order valence-corrected chi connectivity index (χ0v) is 78.3. The molecule has 32 heteroatoms. The quantitative estimate of drug-likeness (QED) is 0.0395. The predicted molar refractivity (Wildman–Crippen MR) is 531 cm³/mol. The van der Waals surface area contributed by atoms with Crippen molar-refractivity contribution in [2.75, 3.05) is 70.7 Å². The van der Waals surface area contributed by atoms with Gasteiger partial charge in [0.1, 0.15) is 45.4 Å². The number of aromatic nitrogens is 16. The van der Waals surface area contributed by atoms with Gasteiger partial charge in [-0.1, -0.05) is 160 Å². The van der Waals surface area contributed by atoms with E-state index < -0.39 is 0 Å². The molecule has 666 valence electrons. The number of nitrogens with two attached hydrogens (primary N) is 4. The molecule has 4 aliphatic rings. The first kappa shape index (κ1) is 87.8. The summed E-state index contributed by atoms with van der Waals surface area (Å²) in [6.07, 6.45) is 8.76. The monoisotopic (exact) mass is 1820 g/mol. The molecule has 0 spiro atoms. The van der Waals surface area contributed by atoms with Gasteiger partial charge in [0, 0.05) is 67.4 Å². The van der Waals surface area contributed by atoms with Crippen LogP contribution < -0.4 is 65.3 Å². The summed E-state index contributed by atoms with van der Waals surface area (Å²) < 4.78 is 6.48. The second kappa shape index (κ2) is 36.6. The number of anilines is 12. The van der Waals surface area contributed by atoms with Gasteiger partial charge in [0.15, 0.2) is 45.9 Å². The third kappa shape index (κ3) is 18.0. The van der Waals surface area contributed by atoms with Crippen LogP contribution in [-0.2, 0) is 58.3 Å². The molecule has 0 radical (unpaired) electrons. The molecule has 0 saturated carbocycles. The van der Waals surface area contributed by atoms with Crippen molar-refractivity contribution >= 4 is 160 Å². The van der Waals surface area contributed by atoms with Crippen LogP contribution in [0.15, 0.2) is 234 Å². The number of fused-ring (bicyclic) bond motifs is 12. The molecular weight excluding hydrogens is 1720 g/mol. The largest absolute Gasteiger partial charge is 0.382 e. The Bertz CT molecular complexity index is 7590. The lowest BCUT2D eigenvalue weighted by Crippen LogP contribution is -2.18. The molecule has 17 aromatic rings. The number of aryl methyl sites for hydroxylation is 9. The van der Waals surface area contributed by atoms with E-state index in [4.69, 9.17) is 22.9 Å². The number of aromatic amines is 4. The minimum atomic E-state index is -0.241. The second-order valence-corrected chi connectivity index (χ2v) is 38.3. The lowest BCUT2D eigenvalue weighted by Gasteiger charge is -2.30. The van der Waals surface area contributed by atoms with Crippen LogP contribution in [0.2, 0.25) is 0 Å². The smallest absolute Gasteiger partial charge is 0.328 e. The lowest BCUT2D eigenvalue weighted by molar-refractivity contribution is 0.586. The molecule has 0 aliphatic carbocycles. The third-order valence-corrected chi connectivity index (χ3v) is 28.5. The molecule has 0 fully saturated rings. The van der Waals surface area contributed by atoms with E-state index in [0.29, 0.717) is 118 Å². The first-order valence-corrected chi connectivity index (χ1v) is 47.1. The molecule has 0 saturated heterocycles. The summed E-state index contributed by atoms with van der Waals surface area (Å²) in [5.74, 6) is 4.02. The van der Waals surface area contributed by atoms with Gasteiger partial charge in [-0.2, -0.15) is 0 Å². The van der Waals surface area contributed by atoms with Gasteiger partial charge in [-0.05, 0) is 226 Å². The van der Waals surface area contributed by atoms with E-state index in [9.17, 15) is 19.2 Å². The first-order chi connectivity index (χ1) is 63.1. The maximum absolute atomic E-state index is 12.7. The van der Waals surface area contributed by atoms with E-state index in [1.165, 1.54) is 102 Å². The number of hydrogen-bond acceptors (Lipinski definition) is 24. The zero-order chi connectivity index (χ0) is 91.5. The third-order valence-electron chi connectivity index (χ3n) is 24.1. The zero-order valence-electron chi connectivity index (χ0n) is 75.0. The van der Waals surface area contributed by atoms with Gasteiger partial charge >= 0.3 is 22.8 Å². The Hall–Kier alpha value is -13.8. The standard InChI is InChI=1S/C29H28N6OS.C25H28N6OS.C23H24N6OS.C22H22N6OS/c1-18-31-27(30)26-28(32-18)35(29(36)33-26)17-21-12-14-23-25(16-21)37-24-15-20(11-13-22(24)34(23)2)10-6-9-19-7-4-3-5-8-19;1-14(2)5-6-16-7-9-18-20(11-16)33-21-12-17(8-10-19(21)30(18)4)13-31-24-22(29-25(31)32)23(26)27-15(3)28-24;1-4-5-14-6-8-16-18(10-14)31-19-11-15(7-9-17(19)28(16)3)12-29-22-20(27-23(29)30)21(24)25-13(2)26-22;1-4-13-5-7-15-17(9-13)30-18-10-14(6-8-16(18)27(15)3)11-28-21-19(26-22(28)29)20(23)24-12(2)25-21/h3-5,7-8,11-16H,6,9-10,17H2,1-2H3,(H,33,36)(H2,30,31,32);7-12,14H,5-6,13H2,1-4H3,(H,29,32)(H2,26,27,28);6-11H,4-5,12H2,1-3H3,(H,27,30)(H2,24,25,26);5-10H,4,11H2,1-3H3,(H,26,29)(H2,23,24,25). The molecule has 0 atom stereocenters. The Morgan fingerprint density at radius 3 is 0.824 bits per heavy atom. The van der Waals surface area contributed by atoms with Crippen molar-refractivity contribution in [2.24, 2.45) is 5.92 Å². The molecule has 4 aliphatic heterocycles. The number of nitrogens with one attached hydrogen (secondary N) is 4. The number of hydrogen-bond donors (Lipinski definition) is 8. The van der Waals surface area contributed by atoms with Crippen LogP contribution in [0.3, 0.4) is 0 Å². The van der Waals surface area contributed by atoms with Crippen LogP contribution in [0.25, 0.3) is 44.7 Å². The second-order valence-electron chi connectivity index (χ2n) is 33.9. The molecular formula is C99H102N24O4S4. The summed E-state index contributed by atoms with van der Waals surface area (Å²) in [7, 11) is 8.41. The fraction of sp³-hybridized carbons (Fsp3) is 0.253. The highest BCUT2D eigenvalue weighted by Crippen LogP contribution is 2.53. The minimum Gasteiger partial charge on any atom is -0.382 e. The van der Waals surface area contributed by atoms with Gasteiger partial charge in [0.2, 0.25) is 0 Å². The average molecular weight is 1820 g/mol. The molecule has 131 heavy (non-hydrogen) atoms. The van der Waals surface area contributed by atoms with Gasteiger partial charge in [0.05, 0.1) is 71.7 Å². The molecule has 9 aromatic carbocycles. The van der Waals surface area contributed by atoms with Gasteiger partial charge in [-0.15, -0.1) is 0 Å². The predicted octanol–water partition coefficient (Wildman–Crippen LogP) is 18.4. The van der Waals surface area contributed by atoms with Crippen molar-refractivity contribution in [3.05, 3.63) is 291 Å². The number of benzene rings is 9. The number of rotatable bonds is 18. The van der Waals surface area contributed by atoms with Crippen molar-refractivity contribution in [3.63, 3.8) is 0 Å². The molecule has 0 unspecified atom stereocenters. The maximum Gasteiger partial charge on any atom is 0.328 e. The van der Waals surface area contributed by atoms with Crippen molar-refractivity contribution in [2.45, 2.75) is 172 Å². The summed E-state index contributed by atoms with van der Waals surface area (Å²) in [4.78, 5) is 115. The van der Waals surface area contributed by atoms with Crippen molar-refractivity contribution in [1.29, 1.82) is 0 Å². The Balaban J connectivity index is 0.000000118. The molecule has 12 N–H and O–H groups in total. The molecule has 12 heterocycles. The Kier molecular flexibility index (Phi) is 24.6. The maximum atomic E-state index is 12.7. The number of imidazole rings is 4. The van der Waals surface area contributed by atoms with Gasteiger partial charge < -0.3 is 62.5 Å². The van der Waals surface area contributed by atoms with E-state index in [1.807, 2.05) is 0 Å². The number of H-pyrrole nitrogens is 4. The van der Waals surface area contributed by atoms with E-state index in [1.54, 1.807) is 93.0 Å². The van der Waals surface area contributed by atoms with Crippen molar-refractivity contribution in [3.8, 4) is 0 Å². The minimum absolute atomic E-state index is 0.237. The number of nitrogen functional groups attached to an aromatic ring is 4. The van der Waals surface area contributed by atoms with E-state index in [0.717, 1.165) is 84.3 Å². The topological polar surface area (TPSA) is 371 Å². The highest BCUT2D eigenvalue weighted by molar-refractivity contribution is 8.00. The van der Waals surface area contributed by atoms with Crippen LogP contribution in [0.1, 0.15) is 120 Å². The average Bonchev–Trinajstić information content (AvgIpc) is 1.17. The van der Waals surface area contributed by atoms with E-state index >= 15 is 0 Å². The number of nitrogens with zero attached hydrogens (tertiary/aromatic N) is 16. The summed E-state index contributed by atoms with van der Waals surface area (Å²) in [6.45, 7) is 17.6. The highest BCUT2D eigenvalue weighted by atomic mass is 32.2. The summed E-state index contributed by atoms with van der Waals surface area (Å²) >= 11 is 7.14. The van der Waals surface area contributed by atoms with Gasteiger partial charge in [-0.3, -0.25) is 18.3 Å². The molecule has 28 nitrogen and oxygen atoms in total. The molecule has 8 aromatic heterocycles. The van der Waals surface area contributed by atoms with E-state index in [-0.39, 0.29) is 28.6 Å². The summed E-state index contributed by atoms with van der Waals surface area (Å²) in [6, 6.07) is 63.0. The highest BCUT2D eigenvalue weighted by Gasteiger charge is 2.29. The Labute approximate surface area is 773 Å². The van der Waals surface area contributed by atoms with Gasteiger partial charge in [-0.25, -0.2) is 59.0 Å². The fourth-order valence-electron chi connectivity index (χ4n) is 17.3. The fourth-order valence-corrected chi connectivity index (χ4v) is 22.4. The first-order valence-electron chi connectivity index (χ1n) is 43.8. The molecule has 21 rings (SSSR count). The van der Waals surface area contributed by atoms with Crippen LogP contribution in [-0.4, -0.2) is 106 Å². The SMILES string of the molecule is CCCc1ccc2c(c1)Sc1cc(Cn3c(=O)[nH]c4c(N)nc(C)nc43)ccc1N2C.CCc1ccc2c(c1)Sc1cc(Cn3c(=O)[nH]c4c(N)nc(C)nc43)ccc1N2C.Cc1nc(N)c2[nH]c(=O)n(Cc3ccc4c(c3)Sc3cc(CCC(C)C)ccc3N4C)c2n1.Cc1nc(N)c2[nH]c(=O)n(Cc3ccc4c(c3)Sc3cc(CCCc5ccccc5)ccc3N4C)c2n1. The van der Waals surface area contributed by atoms with Crippen LogP contribution >= 0.6 is 47.0 Å². The van der Waals surface area contributed by atoms with Crippen LogP contribution in [0, 0.1) is 33.6 Å². The Morgan fingerprint density at radius 1 is 0.305 bits per heavy atom. The van der Waals surface area contributed by atoms with Crippen molar-refractivity contribution < 1.29 is 0 Å². The van der Waals surface area contributed by atoms with E-state index in [2.05, 4.69) is 311 Å². The lowest BCUT2D eigenvalue weighted by atomic mass is 10.0. The summed E-state index contributed by atoms with van der Waals surface area (Å²) in [5.41, 5.74) is 47.5. The molecule has 0 amide bonds. The van der Waals surface area contributed by atoms with Crippen molar-refractivity contribution in [1.82, 2.24) is 78.1 Å². The normalized spacial score (nSPS) is 12.8. The molecule has 0 bridgehead atoms. The Morgan fingerprint density at radius 2 is 0.550 bits per heavy atom. The van der Waals surface area contributed by atoms with Crippen LogP contribution in [0.4, 0.5) is 68.8 Å². The van der Waals surface area contributed by atoms with Crippen LogP contribution in [0.5, 0.6) is 0 Å². The summed E-state index contributed by atoms with van der Waals surface area (Å²) in [5, 5.41) is 0. The van der Waals surface area contributed by atoms with Gasteiger partial charge in [0.25, 0.3) is 0 Å².